The topological polar surface area (TPSA) is 42.2 Å². The molecule has 2 aromatic rings. The minimum absolute atomic E-state index is 0.0536. The number of benzene rings is 1. The molecular weight excluding hydrogens is 282 g/mol. The zero-order chi connectivity index (χ0) is 14.7. The molecule has 21 heavy (non-hydrogen) atoms. The first kappa shape index (κ1) is 14.5. The number of nitrogens with one attached hydrogen (secondary N) is 1. The van der Waals surface area contributed by atoms with Gasteiger partial charge in [0, 0.05) is 22.7 Å². The van der Waals surface area contributed by atoms with Crippen molar-refractivity contribution in [1.29, 1.82) is 0 Å². The van der Waals surface area contributed by atoms with Crippen molar-refractivity contribution in [2.24, 2.45) is 0 Å². The zero-order valence-electron chi connectivity index (χ0n) is 12.4. The molecule has 1 saturated carbocycles. The highest BCUT2D eigenvalue weighted by atomic mass is 32.2. The van der Waals surface area contributed by atoms with E-state index in [1.54, 1.807) is 11.8 Å². The fraction of sp³-hybridized carbons (Fsp3) is 0.471. The van der Waals surface area contributed by atoms with E-state index in [4.69, 9.17) is 4.42 Å². The molecule has 1 aromatic heterocycles. The Labute approximate surface area is 129 Å². The number of para-hydroxylation sites is 1. The Kier molecular flexibility index (Phi) is 4.54. The first-order valence-corrected chi connectivity index (χ1v) is 8.99. The summed E-state index contributed by atoms with van der Waals surface area (Å²) in [4.78, 5) is 12.6. The number of fused-ring (bicyclic) bond motifs is 1. The van der Waals surface area contributed by atoms with Crippen molar-refractivity contribution in [3.63, 3.8) is 0 Å². The van der Waals surface area contributed by atoms with Crippen LogP contribution in [0, 0.1) is 0 Å². The predicted molar refractivity (Wildman–Crippen MR) is 87.8 cm³/mol. The van der Waals surface area contributed by atoms with Gasteiger partial charge in [0.05, 0.1) is 0 Å². The Balaban J connectivity index is 1.87. The number of rotatable bonds is 4. The molecule has 1 aliphatic carbocycles. The monoisotopic (exact) mass is 303 g/mol. The number of furan rings is 1. The summed E-state index contributed by atoms with van der Waals surface area (Å²) in [7, 11) is 0. The Bertz CT molecular complexity index is 629. The van der Waals surface area contributed by atoms with E-state index in [1.807, 2.05) is 30.5 Å². The molecular formula is C17H21NO2S. The van der Waals surface area contributed by atoms with Crippen LogP contribution < -0.4 is 5.32 Å². The van der Waals surface area contributed by atoms with Gasteiger partial charge in [0.25, 0.3) is 5.91 Å². The number of carbonyl (C=O) groups is 1. The van der Waals surface area contributed by atoms with Gasteiger partial charge in [-0.3, -0.25) is 4.79 Å². The minimum Gasteiger partial charge on any atom is -0.451 e. The molecule has 0 radical (unpaired) electrons. The van der Waals surface area contributed by atoms with Crippen LogP contribution in [-0.2, 0) is 5.75 Å². The molecule has 0 bridgehead atoms. The molecule has 1 aliphatic rings. The summed E-state index contributed by atoms with van der Waals surface area (Å²) in [6.07, 6.45) is 7.93. The molecule has 1 aromatic carbocycles. The van der Waals surface area contributed by atoms with Crippen molar-refractivity contribution < 1.29 is 9.21 Å². The molecule has 0 spiro atoms. The minimum atomic E-state index is -0.0536. The van der Waals surface area contributed by atoms with Crippen molar-refractivity contribution in [3.8, 4) is 0 Å². The molecule has 1 amide bonds. The van der Waals surface area contributed by atoms with Crippen molar-refractivity contribution >= 4 is 28.6 Å². The number of hydrogen-bond acceptors (Lipinski definition) is 3. The highest BCUT2D eigenvalue weighted by Crippen LogP contribution is 2.29. The molecule has 0 unspecified atom stereocenters. The Morgan fingerprint density at radius 2 is 2.05 bits per heavy atom. The smallest absolute Gasteiger partial charge is 0.287 e. The maximum absolute atomic E-state index is 12.6. The Morgan fingerprint density at radius 1 is 1.29 bits per heavy atom. The van der Waals surface area contributed by atoms with Gasteiger partial charge in [-0.2, -0.15) is 11.8 Å². The summed E-state index contributed by atoms with van der Waals surface area (Å²) in [6.45, 7) is 0. The van der Waals surface area contributed by atoms with Crippen molar-refractivity contribution in [2.45, 2.75) is 43.9 Å². The quantitative estimate of drug-likeness (QED) is 0.912. The number of hydrogen-bond donors (Lipinski definition) is 1. The summed E-state index contributed by atoms with van der Waals surface area (Å²) in [5.41, 5.74) is 1.82. The van der Waals surface area contributed by atoms with Crippen molar-refractivity contribution in [2.75, 3.05) is 6.26 Å². The largest absolute Gasteiger partial charge is 0.451 e. The van der Waals surface area contributed by atoms with Crippen LogP contribution >= 0.6 is 11.8 Å². The molecule has 0 saturated heterocycles. The second-order valence-electron chi connectivity index (χ2n) is 5.65. The molecule has 0 aliphatic heterocycles. The lowest BCUT2D eigenvalue weighted by molar-refractivity contribution is 0.0901. The zero-order valence-corrected chi connectivity index (χ0v) is 13.2. The highest BCUT2D eigenvalue weighted by molar-refractivity contribution is 7.97. The normalized spacial score (nSPS) is 16.2. The van der Waals surface area contributed by atoms with E-state index in [-0.39, 0.29) is 5.91 Å². The lowest BCUT2D eigenvalue weighted by atomic mass is 9.95. The van der Waals surface area contributed by atoms with Crippen molar-refractivity contribution in [3.05, 3.63) is 35.6 Å². The first-order valence-electron chi connectivity index (χ1n) is 7.60. The SMILES string of the molecule is CSCc1c(C(=O)NC2CCCCC2)oc2ccccc12. The Hall–Kier alpha value is -1.42. The molecule has 3 nitrogen and oxygen atoms in total. The van der Waals surface area contributed by atoms with E-state index >= 15 is 0 Å². The second-order valence-corrected chi connectivity index (χ2v) is 6.51. The highest BCUT2D eigenvalue weighted by Gasteiger charge is 2.23. The number of carbonyl (C=O) groups excluding carboxylic acids is 1. The second kappa shape index (κ2) is 6.56. The average molecular weight is 303 g/mol. The maximum Gasteiger partial charge on any atom is 0.287 e. The lowest BCUT2D eigenvalue weighted by Gasteiger charge is -2.22. The summed E-state index contributed by atoms with van der Waals surface area (Å²) in [6, 6.07) is 8.20. The third-order valence-electron chi connectivity index (χ3n) is 4.13. The fourth-order valence-electron chi connectivity index (χ4n) is 3.07. The van der Waals surface area contributed by atoms with Crippen molar-refractivity contribution in [1.82, 2.24) is 5.32 Å². The third kappa shape index (κ3) is 3.10. The van der Waals surface area contributed by atoms with E-state index in [0.29, 0.717) is 11.8 Å². The summed E-state index contributed by atoms with van der Waals surface area (Å²) in [5, 5.41) is 4.21. The van der Waals surface area contributed by atoms with E-state index in [9.17, 15) is 4.79 Å². The van der Waals surface area contributed by atoms with E-state index in [0.717, 1.165) is 35.1 Å². The number of amides is 1. The van der Waals surface area contributed by atoms with Gasteiger partial charge in [-0.1, -0.05) is 37.5 Å². The van der Waals surface area contributed by atoms with Crippen LogP contribution in [-0.4, -0.2) is 18.2 Å². The van der Waals surface area contributed by atoms with Crippen LogP contribution in [0.15, 0.2) is 28.7 Å². The Morgan fingerprint density at radius 3 is 2.81 bits per heavy atom. The van der Waals surface area contributed by atoms with Gasteiger partial charge in [-0.05, 0) is 25.2 Å². The molecule has 1 heterocycles. The van der Waals surface area contributed by atoms with Gasteiger partial charge in [0.2, 0.25) is 0 Å². The fourth-order valence-corrected chi connectivity index (χ4v) is 3.64. The van der Waals surface area contributed by atoms with Crippen LogP contribution in [0.3, 0.4) is 0 Å². The summed E-state index contributed by atoms with van der Waals surface area (Å²) in [5.74, 6) is 1.24. The van der Waals surface area contributed by atoms with Gasteiger partial charge in [0.15, 0.2) is 5.76 Å². The van der Waals surface area contributed by atoms with Crippen LogP contribution in [0.5, 0.6) is 0 Å². The van der Waals surface area contributed by atoms with Gasteiger partial charge >= 0.3 is 0 Å². The molecule has 0 atom stereocenters. The standard InChI is InChI=1S/C17H21NO2S/c1-21-11-14-13-9-5-6-10-15(13)20-16(14)17(19)18-12-7-3-2-4-8-12/h5-6,9-10,12H,2-4,7-8,11H2,1H3,(H,18,19). The summed E-state index contributed by atoms with van der Waals surface area (Å²) < 4.78 is 5.83. The average Bonchev–Trinajstić information content (AvgIpc) is 2.88. The number of thioether (sulfide) groups is 1. The lowest BCUT2D eigenvalue weighted by Crippen LogP contribution is -2.36. The maximum atomic E-state index is 12.6. The van der Waals surface area contributed by atoms with Crippen LogP contribution in [0.2, 0.25) is 0 Å². The van der Waals surface area contributed by atoms with E-state index in [2.05, 4.69) is 5.32 Å². The summed E-state index contributed by atoms with van der Waals surface area (Å²) >= 11 is 1.71. The van der Waals surface area contributed by atoms with Crippen LogP contribution in [0.25, 0.3) is 11.0 Å². The predicted octanol–water partition coefficient (Wildman–Crippen LogP) is 4.36. The van der Waals surface area contributed by atoms with Gasteiger partial charge in [-0.25, -0.2) is 0 Å². The van der Waals surface area contributed by atoms with Gasteiger partial charge in [-0.15, -0.1) is 0 Å². The molecule has 3 rings (SSSR count). The van der Waals surface area contributed by atoms with Gasteiger partial charge in [0.1, 0.15) is 5.58 Å². The molecule has 4 heteroatoms. The van der Waals surface area contributed by atoms with E-state index < -0.39 is 0 Å². The van der Waals surface area contributed by atoms with Crippen LogP contribution in [0.4, 0.5) is 0 Å². The first-order chi connectivity index (χ1) is 10.3. The van der Waals surface area contributed by atoms with Gasteiger partial charge < -0.3 is 9.73 Å². The molecule has 112 valence electrons. The molecule has 1 fully saturated rings. The van der Waals surface area contributed by atoms with E-state index in [1.165, 1.54) is 19.3 Å². The van der Waals surface area contributed by atoms with Crippen LogP contribution in [0.1, 0.15) is 48.2 Å². The third-order valence-corrected chi connectivity index (χ3v) is 4.71. The molecule has 1 N–H and O–H groups in total.